The molecule has 1 saturated heterocycles. The van der Waals surface area contributed by atoms with Gasteiger partial charge in [-0.1, -0.05) is 18.2 Å². The van der Waals surface area contributed by atoms with Gasteiger partial charge in [0.1, 0.15) is 0 Å². The Morgan fingerprint density at radius 2 is 2.00 bits per heavy atom. The smallest absolute Gasteiger partial charge is 0.0679 e. The van der Waals surface area contributed by atoms with Crippen molar-refractivity contribution in [3.8, 4) is 0 Å². The van der Waals surface area contributed by atoms with Gasteiger partial charge in [0, 0.05) is 50.3 Å². The zero-order valence-electron chi connectivity index (χ0n) is 10.8. The predicted molar refractivity (Wildman–Crippen MR) is 75.9 cm³/mol. The molecule has 4 heteroatoms. The molecule has 0 aliphatic carbocycles. The second-order valence-electron chi connectivity index (χ2n) is 4.87. The first-order chi connectivity index (χ1) is 8.84. The van der Waals surface area contributed by atoms with E-state index in [1.165, 1.54) is 16.6 Å². The molecule has 0 unspecified atom stereocenters. The van der Waals surface area contributed by atoms with Crippen LogP contribution in [0.25, 0.3) is 10.9 Å². The number of nitrogens with zero attached hydrogens (tertiary/aromatic N) is 2. The first kappa shape index (κ1) is 11.6. The molecule has 96 valence electrons. The number of anilines is 1. The van der Waals surface area contributed by atoms with E-state index in [1.54, 1.807) is 0 Å². The van der Waals surface area contributed by atoms with Crippen LogP contribution < -0.4 is 10.6 Å². The summed E-state index contributed by atoms with van der Waals surface area (Å²) in [6.07, 6.45) is 2.17. The van der Waals surface area contributed by atoms with Crippen LogP contribution in [0.2, 0.25) is 0 Å². The van der Waals surface area contributed by atoms with E-state index in [2.05, 4.69) is 57.6 Å². The van der Waals surface area contributed by atoms with Crippen molar-refractivity contribution in [3.05, 3.63) is 30.5 Å². The first-order valence-electron chi connectivity index (χ1n) is 6.55. The van der Waals surface area contributed by atoms with E-state index < -0.39 is 0 Å². The third-order valence-corrected chi connectivity index (χ3v) is 3.60. The second-order valence-corrected chi connectivity index (χ2v) is 4.87. The number of rotatable bonds is 3. The maximum absolute atomic E-state index is 3.56. The number of fused-ring (bicyclic) bond motifs is 1. The second kappa shape index (κ2) is 5.00. The lowest BCUT2D eigenvalue weighted by Gasteiger charge is -2.27. The highest BCUT2D eigenvalue weighted by Crippen LogP contribution is 2.24. The molecule has 1 aromatic carbocycles. The molecule has 2 aromatic rings. The third-order valence-electron chi connectivity index (χ3n) is 3.60. The van der Waals surface area contributed by atoms with Crippen LogP contribution >= 0.6 is 0 Å². The Morgan fingerprint density at radius 1 is 1.22 bits per heavy atom. The molecule has 3 rings (SSSR count). The van der Waals surface area contributed by atoms with Gasteiger partial charge < -0.3 is 15.2 Å². The Kier molecular flexibility index (Phi) is 3.21. The Bertz CT molecular complexity index is 526. The Labute approximate surface area is 108 Å². The van der Waals surface area contributed by atoms with Crippen molar-refractivity contribution < 1.29 is 0 Å². The van der Waals surface area contributed by atoms with Crippen LogP contribution in [-0.4, -0.2) is 42.3 Å². The van der Waals surface area contributed by atoms with Gasteiger partial charge in [0.25, 0.3) is 0 Å². The van der Waals surface area contributed by atoms with Crippen LogP contribution in [0.15, 0.2) is 30.5 Å². The lowest BCUT2D eigenvalue weighted by atomic mass is 10.2. The highest BCUT2D eigenvalue weighted by molar-refractivity contribution is 5.92. The van der Waals surface area contributed by atoms with Crippen molar-refractivity contribution in [1.82, 2.24) is 14.8 Å². The molecule has 2 N–H and O–H groups in total. The van der Waals surface area contributed by atoms with E-state index in [1.807, 2.05) is 0 Å². The first-order valence-corrected chi connectivity index (χ1v) is 6.55. The third kappa shape index (κ3) is 2.21. The normalized spacial score (nSPS) is 17.2. The fourth-order valence-corrected chi connectivity index (χ4v) is 2.55. The molecule has 1 aliphatic heterocycles. The molecule has 0 spiro atoms. The summed E-state index contributed by atoms with van der Waals surface area (Å²) >= 11 is 0. The molecule has 4 nitrogen and oxygen atoms in total. The molecule has 0 bridgehead atoms. The van der Waals surface area contributed by atoms with Gasteiger partial charge in [-0.2, -0.15) is 0 Å². The lowest BCUT2D eigenvalue weighted by molar-refractivity contribution is 0.257. The number of hydrogen-bond donors (Lipinski definition) is 2. The van der Waals surface area contributed by atoms with Crippen LogP contribution in [0.1, 0.15) is 0 Å². The zero-order chi connectivity index (χ0) is 12.4. The summed E-state index contributed by atoms with van der Waals surface area (Å²) in [5.41, 5.74) is 2.51. The fourth-order valence-electron chi connectivity index (χ4n) is 2.55. The predicted octanol–water partition coefficient (Wildman–Crippen LogP) is 1.45. The topological polar surface area (TPSA) is 32.2 Å². The van der Waals surface area contributed by atoms with Crippen molar-refractivity contribution in [2.75, 3.05) is 38.2 Å². The van der Waals surface area contributed by atoms with Crippen LogP contribution in [0, 0.1) is 0 Å². The van der Waals surface area contributed by atoms with E-state index in [4.69, 9.17) is 0 Å². The average Bonchev–Trinajstić information content (AvgIpc) is 2.75. The van der Waals surface area contributed by atoms with Crippen molar-refractivity contribution in [2.24, 2.45) is 7.05 Å². The van der Waals surface area contributed by atoms with Gasteiger partial charge in [-0.15, -0.1) is 0 Å². The Hall–Kier alpha value is -1.52. The molecule has 0 atom stereocenters. The number of benzene rings is 1. The molecule has 1 aliphatic rings. The number of para-hydroxylation sites is 1. The van der Waals surface area contributed by atoms with E-state index in [9.17, 15) is 0 Å². The fraction of sp³-hybridized carbons (Fsp3) is 0.429. The van der Waals surface area contributed by atoms with E-state index in [-0.39, 0.29) is 0 Å². The van der Waals surface area contributed by atoms with E-state index >= 15 is 0 Å². The van der Waals surface area contributed by atoms with Gasteiger partial charge in [0.2, 0.25) is 0 Å². The number of nitrogens with one attached hydrogen (secondary N) is 2. The van der Waals surface area contributed by atoms with Crippen molar-refractivity contribution in [3.63, 3.8) is 0 Å². The van der Waals surface area contributed by atoms with Crippen LogP contribution in [0.5, 0.6) is 0 Å². The molecule has 18 heavy (non-hydrogen) atoms. The maximum atomic E-state index is 3.56. The maximum Gasteiger partial charge on any atom is 0.0679 e. The average molecular weight is 244 g/mol. The summed E-state index contributed by atoms with van der Waals surface area (Å²) in [5, 5.41) is 8.23. The van der Waals surface area contributed by atoms with Crippen LogP contribution in [-0.2, 0) is 7.05 Å². The highest BCUT2D eigenvalue weighted by Gasteiger charge is 2.10. The molecule has 0 saturated carbocycles. The van der Waals surface area contributed by atoms with Crippen LogP contribution in [0.4, 0.5) is 5.69 Å². The number of hydrogen-bond acceptors (Lipinski definition) is 3. The van der Waals surface area contributed by atoms with Crippen molar-refractivity contribution in [1.29, 1.82) is 0 Å². The minimum absolute atomic E-state index is 0.926. The minimum Gasteiger partial charge on any atom is -0.371 e. The largest absolute Gasteiger partial charge is 0.371 e. The van der Waals surface area contributed by atoms with Gasteiger partial charge in [0.05, 0.1) is 12.4 Å². The minimum atomic E-state index is 0.926. The van der Waals surface area contributed by atoms with Crippen molar-refractivity contribution in [2.45, 2.75) is 0 Å². The Balaban J connectivity index is 1.74. The Morgan fingerprint density at radius 3 is 2.83 bits per heavy atom. The summed E-state index contributed by atoms with van der Waals surface area (Å²) < 4.78 is 2.18. The summed E-state index contributed by atoms with van der Waals surface area (Å²) in [7, 11) is 2.10. The van der Waals surface area contributed by atoms with Gasteiger partial charge >= 0.3 is 0 Å². The summed E-state index contributed by atoms with van der Waals surface area (Å²) in [5.74, 6) is 0. The van der Waals surface area contributed by atoms with Gasteiger partial charge in [-0.3, -0.25) is 4.90 Å². The quantitative estimate of drug-likeness (QED) is 0.857. The van der Waals surface area contributed by atoms with Crippen LogP contribution in [0.3, 0.4) is 0 Å². The van der Waals surface area contributed by atoms with Crippen molar-refractivity contribution >= 4 is 16.6 Å². The van der Waals surface area contributed by atoms with E-state index in [0.717, 1.165) is 32.8 Å². The number of aromatic nitrogens is 1. The zero-order valence-corrected chi connectivity index (χ0v) is 10.8. The molecule has 2 heterocycles. The SMILES string of the molecule is Cn1cc(NCN2CCNCC2)c2ccccc21. The molecule has 1 aromatic heterocycles. The standard InChI is InChI=1S/C14H20N4/c1-17-10-13(12-4-2-3-5-14(12)17)16-11-18-8-6-15-7-9-18/h2-5,10,15-16H,6-9,11H2,1H3. The van der Waals surface area contributed by atoms with Gasteiger partial charge in [-0.25, -0.2) is 0 Å². The summed E-state index contributed by atoms with van der Waals surface area (Å²) in [6, 6.07) is 8.52. The molecule has 0 amide bonds. The lowest BCUT2D eigenvalue weighted by Crippen LogP contribution is -2.45. The summed E-state index contributed by atoms with van der Waals surface area (Å²) in [6.45, 7) is 5.36. The van der Waals surface area contributed by atoms with Gasteiger partial charge in [0.15, 0.2) is 0 Å². The van der Waals surface area contributed by atoms with E-state index in [0.29, 0.717) is 0 Å². The monoisotopic (exact) mass is 244 g/mol. The molecule has 1 fully saturated rings. The molecular formula is C14H20N4. The molecular weight excluding hydrogens is 224 g/mol. The van der Waals surface area contributed by atoms with Gasteiger partial charge in [-0.05, 0) is 6.07 Å². The molecule has 0 radical (unpaired) electrons. The summed E-state index contributed by atoms with van der Waals surface area (Å²) in [4.78, 5) is 2.44. The highest BCUT2D eigenvalue weighted by atomic mass is 15.3. The number of piperazine rings is 1. The number of aryl methyl sites for hydroxylation is 1.